The van der Waals surface area contributed by atoms with E-state index in [1.165, 1.54) is 16.9 Å². The number of nitrogens with two attached hydrogens (primary N) is 1. The van der Waals surface area contributed by atoms with Crippen LogP contribution in [0.2, 0.25) is 0 Å². The van der Waals surface area contributed by atoms with Gasteiger partial charge in [-0.1, -0.05) is 18.2 Å². The normalized spacial score (nSPS) is 12.9. The molecular weight excluding hydrogens is 296 g/mol. The van der Waals surface area contributed by atoms with Crippen LogP contribution in [0.4, 0.5) is 5.69 Å². The lowest BCUT2D eigenvalue weighted by Gasteiger charge is -2.21. The first kappa shape index (κ1) is 14.8. The van der Waals surface area contributed by atoms with Crippen molar-refractivity contribution >= 4 is 28.8 Å². The molecule has 3 rings (SSSR count). The lowest BCUT2D eigenvalue weighted by Crippen LogP contribution is -2.33. The van der Waals surface area contributed by atoms with Crippen LogP contribution in [0.25, 0.3) is 0 Å². The van der Waals surface area contributed by atoms with E-state index in [0.29, 0.717) is 6.54 Å². The van der Waals surface area contributed by atoms with Gasteiger partial charge in [0.15, 0.2) is 0 Å². The maximum absolute atomic E-state index is 12.8. The van der Waals surface area contributed by atoms with E-state index < -0.39 is 5.91 Å². The molecule has 5 heteroatoms. The second kappa shape index (κ2) is 6.32. The van der Waals surface area contributed by atoms with Crippen LogP contribution in [0.3, 0.4) is 0 Å². The maximum Gasteiger partial charge on any atom is 0.268 e. The Labute approximate surface area is 133 Å². The fourth-order valence-electron chi connectivity index (χ4n) is 2.75. The molecule has 4 nitrogen and oxygen atoms in total. The Morgan fingerprint density at radius 1 is 1.18 bits per heavy atom. The first-order chi connectivity index (χ1) is 10.6. The molecule has 0 aliphatic heterocycles. The van der Waals surface area contributed by atoms with Crippen molar-refractivity contribution in [1.82, 2.24) is 0 Å². The van der Waals surface area contributed by atoms with Crippen molar-refractivity contribution in [2.75, 3.05) is 11.4 Å². The van der Waals surface area contributed by atoms with Crippen LogP contribution < -0.4 is 10.6 Å². The van der Waals surface area contributed by atoms with Gasteiger partial charge in [0, 0.05) is 23.5 Å². The van der Waals surface area contributed by atoms with Crippen LogP contribution in [0.1, 0.15) is 33.0 Å². The number of carbonyl (C=O) groups excluding carboxylic acids is 2. The lowest BCUT2D eigenvalue weighted by molar-refractivity contribution is -0.117. The van der Waals surface area contributed by atoms with E-state index >= 15 is 0 Å². The van der Waals surface area contributed by atoms with Crippen LogP contribution >= 0.6 is 11.3 Å². The number of anilines is 1. The molecule has 0 saturated carbocycles. The predicted molar refractivity (Wildman–Crippen MR) is 88.3 cm³/mol. The molecule has 114 valence electrons. The molecule has 2 aromatic rings. The third-order valence-electron chi connectivity index (χ3n) is 3.85. The van der Waals surface area contributed by atoms with E-state index in [0.717, 1.165) is 23.4 Å². The molecule has 0 fully saturated rings. The fourth-order valence-corrected chi connectivity index (χ4v) is 3.95. The van der Waals surface area contributed by atoms with Crippen molar-refractivity contribution in [3.05, 3.63) is 51.7 Å². The van der Waals surface area contributed by atoms with Crippen LogP contribution in [0.15, 0.2) is 36.4 Å². The minimum Gasteiger partial charge on any atom is -0.370 e. The highest BCUT2D eigenvalue weighted by Crippen LogP contribution is 2.32. The van der Waals surface area contributed by atoms with Crippen molar-refractivity contribution < 1.29 is 9.59 Å². The third kappa shape index (κ3) is 3.04. The molecule has 1 heterocycles. The fraction of sp³-hybridized carbons (Fsp3) is 0.294. The molecular formula is C17H18N2O2S. The first-order valence-corrected chi connectivity index (χ1v) is 8.23. The Balaban J connectivity index is 1.86. The van der Waals surface area contributed by atoms with E-state index in [1.807, 2.05) is 36.4 Å². The number of nitrogens with zero attached hydrogens (tertiary/aromatic N) is 1. The quantitative estimate of drug-likeness (QED) is 0.922. The van der Waals surface area contributed by atoms with Crippen molar-refractivity contribution in [2.45, 2.75) is 25.7 Å². The molecule has 0 radical (unpaired) electrons. The summed E-state index contributed by atoms with van der Waals surface area (Å²) in [5, 5.41) is 0. The molecule has 2 amide bonds. The third-order valence-corrected chi connectivity index (χ3v) is 5.08. The van der Waals surface area contributed by atoms with E-state index in [-0.39, 0.29) is 12.3 Å². The van der Waals surface area contributed by atoms with Crippen molar-refractivity contribution in [1.29, 1.82) is 0 Å². The number of hydrogen-bond acceptors (Lipinski definition) is 3. The molecule has 0 saturated heterocycles. The Hall–Kier alpha value is -2.14. The molecule has 1 aliphatic rings. The lowest BCUT2D eigenvalue weighted by atomic mass is 10.2. The molecule has 0 spiro atoms. The Morgan fingerprint density at radius 2 is 1.95 bits per heavy atom. The SMILES string of the molecule is NC(=O)CCN(C(=O)c1cc2c(s1)CCC2)c1ccccc1. The molecule has 1 aliphatic carbocycles. The van der Waals surface area contributed by atoms with E-state index in [9.17, 15) is 9.59 Å². The number of aryl methyl sites for hydroxylation is 2. The molecule has 22 heavy (non-hydrogen) atoms. The van der Waals surface area contributed by atoms with Gasteiger partial charge in [-0.15, -0.1) is 11.3 Å². The Bertz CT molecular complexity index is 672. The summed E-state index contributed by atoms with van der Waals surface area (Å²) in [6, 6.07) is 11.4. The van der Waals surface area contributed by atoms with Crippen LogP contribution in [0.5, 0.6) is 0 Å². The van der Waals surface area contributed by atoms with Crippen LogP contribution in [-0.2, 0) is 17.6 Å². The zero-order valence-corrected chi connectivity index (χ0v) is 13.1. The monoisotopic (exact) mass is 314 g/mol. The van der Waals surface area contributed by atoms with E-state index in [2.05, 4.69) is 0 Å². The summed E-state index contributed by atoms with van der Waals surface area (Å²) in [5.41, 5.74) is 7.34. The van der Waals surface area contributed by atoms with Gasteiger partial charge in [0.1, 0.15) is 0 Å². The first-order valence-electron chi connectivity index (χ1n) is 7.42. The molecule has 1 aromatic carbocycles. The van der Waals surface area contributed by atoms with Gasteiger partial charge in [-0.2, -0.15) is 0 Å². The van der Waals surface area contributed by atoms with Gasteiger partial charge < -0.3 is 10.6 Å². The highest BCUT2D eigenvalue weighted by Gasteiger charge is 2.23. The average molecular weight is 314 g/mol. The summed E-state index contributed by atoms with van der Waals surface area (Å²) in [6.45, 7) is 0.306. The van der Waals surface area contributed by atoms with E-state index in [4.69, 9.17) is 5.73 Å². The van der Waals surface area contributed by atoms with Crippen LogP contribution in [-0.4, -0.2) is 18.4 Å². The summed E-state index contributed by atoms with van der Waals surface area (Å²) < 4.78 is 0. The number of para-hydroxylation sites is 1. The summed E-state index contributed by atoms with van der Waals surface area (Å²) in [7, 11) is 0. The summed E-state index contributed by atoms with van der Waals surface area (Å²) in [5.74, 6) is -0.450. The van der Waals surface area contributed by atoms with Gasteiger partial charge >= 0.3 is 0 Å². The molecule has 0 unspecified atom stereocenters. The maximum atomic E-state index is 12.8. The number of amides is 2. The second-order valence-electron chi connectivity index (χ2n) is 5.42. The minimum atomic E-state index is -0.401. The molecule has 2 N–H and O–H groups in total. The molecule has 1 aromatic heterocycles. The van der Waals surface area contributed by atoms with E-state index in [1.54, 1.807) is 16.2 Å². The zero-order chi connectivity index (χ0) is 15.5. The van der Waals surface area contributed by atoms with Crippen molar-refractivity contribution in [3.63, 3.8) is 0 Å². The average Bonchev–Trinajstić information content (AvgIpc) is 3.09. The number of thiophene rings is 1. The number of benzene rings is 1. The van der Waals surface area contributed by atoms with Crippen molar-refractivity contribution in [3.8, 4) is 0 Å². The van der Waals surface area contributed by atoms with Gasteiger partial charge in [0.25, 0.3) is 5.91 Å². The highest BCUT2D eigenvalue weighted by molar-refractivity contribution is 7.14. The summed E-state index contributed by atoms with van der Waals surface area (Å²) in [6.07, 6.45) is 3.47. The zero-order valence-electron chi connectivity index (χ0n) is 12.2. The highest BCUT2D eigenvalue weighted by atomic mass is 32.1. The standard InChI is InChI=1S/C17H18N2O2S/c18-16(20)9-10-19(13-6-2-1-3-7-13)17(21)15-11-12-5-4-8-14(12)22-15/h1-3,6-7,11H,4-5,8-10H2,(H2,18,20). The largest absolute Gasteiger partial charge is 0.370 e. The molecule has 0 atom stereocenters. The van der Waals surface area contributed by atoms with Gasteiger partial charge in [-0.05, 0) is 43.0 Å². The van der Waals surface area contributed by atoms with Crippen LogP contribution in [0, 0.1) is 0 Å². The molecule has 0 bridgehead atoms. The predicted octanol–water partition coefficient (Wildman–Crippen LogP) is 2.76. The Kier molecular flexibility index (Phi) is 4.24. The minimum absolute atomic E-state index is 0.0492. The Morgan fingerprint density at radius 3 is 2.64 bits per heavy atom. The van der Waals surface area contributed by atoms with Crippen molar-refractivity contribution in [2.24, 2.45) is 5.73 Å². The summed E-state index contributed by atoms with van der Waals surface area (Å²) in [4.78, 5) is 27.7. The number of rotatable bonds is 5. The van der Waals surface area contributed by atoms with Gasteiger partial charge in [-0.25, -0.2) is 0 Å². The second-order valence-corrected chi connectivity index (χ2v) is 6.56. The van der Waals surface area contributed by atoms with Gasteiger partial charge in [-0.3, -0.25) is 9.59 Å². The number of fused-ring (bicyclic) bond motifs is 1. The van der Waals surface area contributed by atoms with Gasteiger partial charge in [0.2, 0.25) is 5.91 Å². The topological polar surface area (TPSA) is 63.4 Å². The van der Waals surface area contributed by atoms with Gasteiger partial charge in [0.05, 0.1) is 4.88 Å². The number of primary amides is 1. The number of carbonyl (C=O) groups is 2. The summed E-state index contributed by atoms with van der Waals surface area (Å²) >= 11 is 1.58. The number of hydrogen-bond donors (Lipinski definition) is 1. The smallest absolute Gasteiger partial charge is 0.268 e.